The fourth-order valence-electron chi connectivity index (χ4n) is 3.01. The Morgan fingerprint density at radius 2 is 2.05 bits per heavy atom. The van der Waals surface area contributed by atoms with Crippen LogP contribution >= 0.6 is 0 Å². The fourth-order valence-corrected chi connectivity index (χ4v) is 3.01. The van der Waals surface area contributed by atoms with Gasteiger partial charge in [-0.3, -0.25) is 0 Å². The first-order valence-electron chi connectivity index (χ1n) is 7.48. The molecule has 0 saturated heterocycles. The Kier molecular flexibility index (Phi) is 5.81. The Bertz CT molecular complexity index is 301. The first-order valence-corrected chi connectivity index (χ1v) is 7.48. The molecular weight excluding hydrogens is 244 g/mol. The van der Waals surface area contributed by atoms with Crippen molar-refractivity contribution < 1.29 is 19.7 Å². The minimum atomic E-state index is -1.15. The van der Waals surface area contributed by atoms with E-state index in [1.54, 1.807) is 0 Å². The zero-order valence-corrected chi connectivity index (χ0v) is 12.7. The normalized spacial score (nSPS) is 28.3. The maximum absolute atomic E-state index is 11.7. The maximum Gasteiger partial charge on any atom is 0.339 e. The van der Waals surface area contributed by atoms with E-state index in [0.29, 0.717) is 6.42 Å². The molecule has 1 rings (SSSR count). The summed E-state index contributed by atoms with van der Waals surface area (Å²) in [7, 11) is 0. The summed E-state index contributed by atoms with van der Waals surface area (Å²) >= 11 is 0. The predicted octanol–water partition coefficient (Wildman–Crippen LogP) is 3.94. The number of carboxylic acid groups (broad SMARTS) is 1. The summed E-state index contributed by atoms with van der Waals surface area (Å²) in [6.45, 7) is 7.98. The van der Waals surface area contributed by atoms with Crippen LogP contribution in [0.2, 0.25) is 0 Å². The molecule has 1 fully saturated rings. The van der Waals surface area contributed by atoms with E-state index in [0.717, 1.165) is 38.5 Å². The maximum atomic E-state index is 11.7. The third-order valence-corrected chi connectivity index (χ3v) is 4.13. The summed E-state index contributed by atoms with van der Waals surface area (Å²) in [6.07, 6.45) is 6.05. The van der Waals surface area contributed by atoms with Gasteiger partial charge in [-0.15, -0.1) is 0 Å². The van der Waals surface area contributed by atoms with E-state index in [2.05, 4.69) is 6.92 Å². The van der Waals surface area contributed by atoms with Crippen molar-refractivity contribution in [2.24, 2.45) is 5.92 Å². The van der Waals surface area contributed by atoms with E-state index < -0.39 is 17.2 Å². The van der Waals surface area contributed by atoms with Gasteiger partial charge >= 0.3 is 5.97 Å². The summed E-state index contributed by atoms with van der Waals surface area (Å²) in [6, 6.07) is 0. The van der Waals surface area contributed by atoms with E-state index in [1.165, 1.54) is 0 Å². The second kappa shape index (κ2) is 6.71. The van der Waals surface area contributed by atoms with Crippen LogP contribution < -0.4 is 0 Å². The molecule has 0 aromatic carbocycles. The zero-order chi connectivity index (χ0) is 14.5. The van der Waals surface area contributed by atoms with Gasteiger partial charge in [0.15, 0.2) is 0 Å². The number of carbonyl (C=O) groups is 1. The van der Waals surface area contributed by atoms with Crippen LogP contribution in [0.3, 0.4) is 0 Å². The van der Waals surface area contributed by atoms with Crippen LogP contribution in [-0.2, 0) is 14.6 Å². The van der Waals surface area contributed by atoms with Gasteiger partial charge in [0.2, 0.25) is 5.60 Å². The Hall–Kier alpha value is -0.610. The lowest BCUT2D eigenvalue weighted by atomic mass is 9.74. The van der Waals surface area contributed by atoms with Crippen molar-refractivity contribution in [3.8, 4) is 0 Å². The number of hydrogen-bond acceptors (Lipinski definition) is 3. The van der Waals surface area contributed by atoms with Crippen LogP contribution in [0.4, 0.5) is 0 Å². The summed E-state index contributed by atoms with van der Waals surface area (Å²) in [4.78, 5) is 22.8. The molecule has 1 N–H and O–H groups in total. The van der Waals surface area contributed by atoms with Crippen LogP contribution in [0.5, 0.6) is 0 Å². The SMILES string of the molecule is CCCC(C)(C)OOC1(C(=O)O)CCCCC1CC. The number of rotatable bonds is 7. The molecule has 2 atom stereocenters. The predicted molar refractivity (Wildman–Crippen MR) is 73.8 cm³/mol. The molecule has 0 heterocycles. The highest BCUT2D eigenvalue weighted by Gasteiger charge is 2.50. The first-order chi connectivity index (χ1) is 8.88. The van der Waals surface area contributed by atoms with Gasteiger partial charge in [-0.05, 0) is 46.0 Å². The first kappa shape index (κ1) is 16.4. The minimum absolute atomic E-state index is 0.0381. The molecule has 0 aromatic rings. The van der Waals surface area contributed by atoms with E-state index in [9.17, 15) is 9.90 Å². The zero-order valence-electron chi connectivity index (χ0n) is 12.7. The van der Waals surface area contributed by atoms with Crippen molar-refractivity contribution in [1.29, 1.82) is 0 Å². The third kappa shape index (κ3) is 3.93. The van der Waals surface area contributed by atoms with Gasteiger partial charge in [0.1, 0.15) is 0 Å². The molecule has 1 aliphatic carbocycles. The van der Waals surface area contributed by atoms with Crippen LogP contribution in [0.1, 0.15) is 72.6 Å². The standard InChI is InChI=1S/C15H28O4/c1-5-10-14(3,4)18-19-15(13(16)17)11-8-7-9-12(15)6-2/h12H,5-11H2,1-4H3,(H,16,17). The van der Waals surface area contributed by atoms with Crippen LogP contribution in [0.15, 0.2) is 0 Å². The van der Waals surface area contributed by atoms with Crippen LogP contribution in [-0.4, -0.2) is 22.3 Å². The van der Waals surface area contributed by atoms with Crippen molar-refractivity contribution >= 4 is 5.97 Å². The van der Waals surface area contributed by atoms with E-state index in [4.69, 9.17) is 9.78 Å². The largest absolute Gasteiger partial charge is 0.479 e. The molecule has 1 aliphatic rings. The molecular formula is C15H28O4. The fraction of sp³-hybridized carbons (Fsp3) is 0.933. The van der Waals surface area contributed by atoms with E-state index in [1.807, 2.05) is 20.8 Å². The molecule has 19 heavy (non-hydrogen) atoms. The quantitative estimate of drug-likeness (QED) is 0.563. The van der Waals surface area contributed by atoms with Gasteiger partial charge in [0.05, 0.1) is 5.60 Å². The second-order valence-electron chi connectivity index (χ2n) is 6.22. The molecule has 0 amide bonds. The lowest BCUT2D eigenvalue weighted by Gasteiger charge is -2.40. The molecule has 0 radical (unpaired) electrons. The minimum Gasteiger partial charge on any atom is -0.479 e. The lowest BCUT2D eigenvalue weighted by molar-refractivity contribution is -0.413. The molecule has 2 unspecified atom stereocenters. The Balaban J connectivity index is 2.79. The van der Waals surface area contributed by atoms with Crippen molar-refractivity contribution in [2.45, 2.75) is 83.8 Å². The van der Waals surface area contributed by atoms with Crippen molar-refractivity contribution in [2.75, 3.05) is 0 Å². The average molecular weight is 272 g/mol. The van der Waals surface area contributed by atoms with Gasteiger partial charge < -0.3 is 5.11 Å². The van der Waals surface area contributed by atoms with Gasteiger partial charge in [0.25, 0.3) is 0 Å². The van der Waals surface area contributed by atoms with E-state index >= 15 is 0 Å². The summed E-state index contributed by atoms with van der Waals surface area (Å²) in [5.74, 6) is -0.845. The van der Waals surface area contributed by atoms with Crippen molar-refractivity contribution in [3.05, 3.63) is 0 Å². The summed E-state index contributed by atoms with van der Waals surface area (Å²) in [5, 5.41) is 9.61. The highest BCUT2D eigenvalue weighted by molar-refractivity contribution is 5.78. The number of aliphatic carboxylic acids is 1. The molecule has 112 valence electrons. The number of hydrogen-bond donors (Lipinski definition) is 1. The molecule has 0 spiro atoms. The van der Waals surface area contributed by atoms with Crippen molar-refractivity contribution in [3.63, 3.8) is 0 Å². The molecule has 0 aliphatic heterocycles. The van der Waals surface area contributed by atoms with Crippen molar-refractivity contribution in [1.82, 2.24) is 0 Å². The molecule has 1 saturated carbocycles. The monoisotopic (exact) mass is 272 g/mol. The topological polar surface area (TPSA) is 55.8 Å². The Labute approximate surface area is 116 Å². The smallest absolute Gasteiger partial charge is 0.339 e. The average Bonchev–Trinajstić information content (AvgIpc) is 2.36. The molecule has 4 heteroatoms. The van der Waals surface area contributed by atoms with E-state index in [-0.39, 0.29) is 5.92 Å². The molecule has 4 nitrogen and oxygen atoms in total. The summed E-state index contributed by atoms with van der Waals surface area (Å²) in [5.41, 5.74) is -1.59. The number of carboxylic acids is 1. The Morgan fingerprint density at radius 1 is 1.37 bits per heavy atom. The van der Waals surface area contributed by atoms with Gasteiger partial charge in [-0.2, -0.15) is 0 Å². The highest BCUT2D eigenvalue weighted by atomic mass is 17.2. The van der Waals surface area contributed by atoms with Crippen LogP contribution in [0.25, 0.3) is 0 Å². The highest BCUT2D eigenvalue weighted by Crippen LogP contribution is 2.40. The third-order valence-electron chi connectivity index (χ3n) is 4.13. The van der Waals surface area contributed by atoms with Crippen LogP contribution in [0, 0.1) is 5.92 Å². The molecule has 0 aromatic heterocycles. The Morgan fingerprint density at radius 3 is 2.58 bits per heavy atom. The van der Waals surface area contributed by atoms with Gasteiger partial charge in [-0.1, -0.05) is 26.7 Å². The van der Waals surface area contributed by atoms with Gasteiger partial charge in [-0.25, -0.2) is 14.6 Å². The van der Waals surface area contributed by atoms with Gasteiger partial charge in [0, 0.05) is 5.92 Å². The summed E-state index contributed by atoms with van der Waals surface area (Å²) < 4.78 is 0. The molecule has 0 bridgehead atoms. The lowest BCUT2D eigenvalue weighted by Crippen LogP contribution is -2.51. The second-order valence-corrected chi connectivity index (χ2v) is 6.22.